The van der Waals surface area contributed by atoms with Crippen LogP contribution in [0, 0.1) is 19.8 Å². The molecule has 0 saturated heterocycles. The molecule has 27 heavy (non-hydrogen) atoms. The molecule has 0 unspecified atom stereocenters. The van der Waals surface area contributed by atoms with E-state index in [0.717, 1.165) is 23.5 Å². The van der Waals surface area contributed by atoms with E-state index in [9.17, 15) is 9.59 Å². The van der Waals surface area contributed by atoms with Crippen LogP contribution in [0.3, 0.4) is 0 Å². The molecule has 0 radical (unpaired) electrons. The van der Waals surface area contributed by atoms with Gasteiger partial charge in [-0.25, -0.2) is 4.79 Å². The van der Waals surface area contributed by atoms with Crippen LogP contribution in [0.5, 0.6) is 0 Å². The second kappa shape index (κ2) is 9.35. The van der Waals surface area contributed by atoms with Crippen LogP contribution >= 0.6 is 0 Å². The summed E-state index contributed by atoms with van der Waals surface area (Å²) in [6.07, 6.45) is 0.998. The molecule has 0 aliphatic carbocycles. The van der Waals surface area contributed by atoms with Crippen molar-refractivity contribution in [3.8, 4) is 0 Å². The molecule has 6 nitrogen and oxygen atoms in total. The predicted molar refractivity (Wildman–Crippen MR) is 106 cm³/mol. The summed E-state index contributed by atoms with van der Waals surface area (Å²) in [5, 5.41) is 7.45. The Labute approximate surface area is 160 Å². The van der Waals surface area contributed by atoms with Gasteiger partial charge >= 0.3 is 5.97 Å². The smallest absolute Gasteiger partial charge is 0.338 e. The highest BCUT2D eigenvalue weighted by atomic mass is 16.5. The molecule has 1 N–H and O–H groups in total. The zero-order valence-electron chi connectivity index (χ0n) is 16.8. The zero-order chi connectivity index (χ0) is 20.0. The maximum Gasteiger partial charge on any atom is 0.338 e. The molecule has 0 atom stereocenters. The lowest BCUT2D eigenvalue weighted by molar-refractivity contribution is -0.116. The number of rotatable bonds is 8. The predicted octanol–water partition coefficient (Wildman–Crippen LogP) is 3.90. The van der Waals surface area contributed by atoms with Crippen molar-refractivity contribution < 1.29 is 14.3 Å². The molecule has 0 bridgehead atoms. The SMILES string of the molecule is CCOC(=O)c1cccc(NC(=O)CCc2c(C)nn(CC(C)C)c2C)c1. The molecule has 0 spiro atoms. The number of esters is 1. The molecule has 2 aromatic rings. The summed E-state index contributed by atoms with van der Waals surface area (Å²) in [7, 11) is 0. The molecular formula is C21H29N3O3. The fourth-order valence-corrected chi connectivity index (χ4v) is 3.02. The number of benzene rings is 1. The minimum atomic E-state index is -0.391. The standard InChI is InChI=1S/C21H29N3O3/c1-6-27-21(26)17-8-7-9-18(12-17)22-20(25)11-10-19-15(4)23-24(16(19)5)13-14(2)3/h7-9,12,14H,6,10-11,13H2,1-5H3,(H,22,25). The normalized spacial score (nSPS) is 10.9. The number of hydrogen-bond acceptors (Lipinski definition) is 4. The Bertz CT molecular complexity index is 809. The molecule has 6 heteroatoms. The van der Waals surface area contributed by atoms with Crippen molar-refractivity contribution in [1.82, 2.24) is 9.78 Å². The summed E-state index contributed by atoms with van der Waals surface area (Å²) >= 11 is 0. The number of aryl methyl sites for hydroxylation is 1. The first-order valence-corrected chi connectivity index (χ1v) is 9.41. The van der Waals surface area contributed by atoms with Crippen LogP contribution in [-0.2, 0) is 22.5 Å². The average molecular weight is 371 g/mol. The van der Waals surface area contributed by atoms with Gasteiger partial charge in [-0.2, -0.15) is 5.10 Å². The molecule has 1 heterocycles. The number of carbonyl (C=O) groups excluding carboxylic acids is 2. The minimum absolute atomic E-state index is 0.0913. The maximum atomic E-state index is 12.3. The van der Waals surface area contributed by atoms with E-state index in [-0.39, 0.29) is 5.91 Å². The Balaban J connectivity index is 1.98. The van der Waals surface area contributed by atoms with Crippen molar-refractivity contribution in [2.75, 3.05) is 11.9 Å². The van der Waals surface area contributed by atoms with E-state index >= 15 is 0 Å². The molecule has 2 rings (SSSR count). The number of nitrogens with one attached hydrogen (secondary N) is 1. The highest BCUT2D eigenvalue weighted by Crippen LogP contribution is 2.18. The average Bonchev–Trinajstić information content (AvgIpc) is 2.86. The summed E-state index contributed by atoms with van der Waals surface area (Å²) in [5.41, 5.74) is 4.25. The summed E-state index contributed by atoms with van der Waals surface area (Å²) in [5.74, 6) is 0.0367. The van der Waals surface area contributed by atoms with Gasteiger partial charge in [0.25, 0.3) is 0 Å². The Morgan fingerprint density at radius 2 is 2.00 bits per heavy atom. The molecule has 0 fully saturated rings. The molecule has 1 aromatic carbocycles. The maximum absolute atomic E-state index is 12.3. The van der Waals surface area contributed by atoms with E-state index < -0.39 is 5.97 Å². The minimum Gasteiger partial charge on any atom is -0.462 e. The van der Waals surface area contributed by atoms with E-state index in [2.05, 4.69) is 31.2 Å². The number of amides is 1. The van der Waals surface area contributed by atoms with Gasteiger partial charge < -0.3 is 10.1 Å². The molecule has 1 aromatic heterocycles. The van der Waals surface area contributed by atoms with E-state index in [4.69, 9.17) is 4.74 Å². The second-order valence-corrected chi connectivity index (χ2v) is 7.07. The van der Waals surface area contributed by atoms with Gasteiger partial charge in [-0.3, -0.25) is 9.48 Å². The van der Waals surface area contributed by atoms with Crippen LogP contribution in [0.15, 0.2) is 24.3 Å². The third kappa shape index (κ3) is 5.67. The Morgan fingerprint density at radius 3 is 2.67 bits per heavy atom. The topological polar surface area (TPSA) is 73.2 Å². The quantitative estimate of drug-likeness (QED) is 0.714. The second-order valence-electron chi connectivity index (χ2n) is 7.07. The van der Waals surface area contributed by atoms with Crippen molar-refractivity contribution in [3.63, 3.8) is 0 Å². The van der Waals surface area contributed by atoms with Crippen molar-refractivity contribution in [2.24, 2.45) is 5.92 Å². The summed E-state index contributed by atoms with van der Waals surface area (Å²) in [6, 6.07) is 6.79. The van der Waals surface area contributed by atoms with Crippen molar-refractivity contribution in [3.05, 3.63) is 46.8 Å². The van der Waals surface area contributed by atoms with Crippen LogP contribution in [-0.4, -0.2) is 28.3 Å². The first-order valence-electron chi connectivity index (χ1n) is 9.41. The van der Waals surface area contributed by atoms with Crippen molar-refractivity contribution in [1.29, 1.82) is 0 Å². The lowest BCUT2D eigenvalue weighted by Crippen LogP contribution is -2.14. The van der Waals surface area contributed by atoms with Gasteiger partial charge in [0.2, 0.25) is 5.91 Å². The number of aromatic nitrogens is 2. The lowest BCUT2D eigenvalue weighted by atomic mass is 10.1. The molecule has 1 amide bonds. The molecular weight excluding hydrogens is 342 g/mol. The van der Waals surface area contributed by atoms with Crippen LogP contribution in [0.25, 0.3) is 0 Å². The summed E-state index contributed by atoms with van der Waals surface area (Å²) in [4.78, 5) is 24.1. The highest BCUT2D eigenvalue weighted by molar-refractivity contribution is 5.94. The van der Waals surface area contributed by atoms with Gasteiger partial charge in [0.1, 0.15) is 0 Å². The van der Waals surface area contributed by atoms with Gasteiger partial charge in [-0.15, -0.1) is 0 Å². The number of ether oxygens (including phenoxy) is 1. The van der Waals surface area contributed by atoms with Gasteiger partial charge in [0, 0.05) is 24.3 Å². The number of carbonyl (C=O) groups is 2. The van der Waals surface area contributed by atoms with Crippen molar-refractivity contribution >= 4 is 17.6 Å². The van der Waals surface area contributed by atoms with E-state index in [1.54, 1.807) is 31.2 Å². The lowest BCUT2D eigenvalue weighted by Gasteiger charge is -2.09. The fourth-order valence-electron chi connectivity index (χ4n) is 3.02. The third-order valence-electron chi connectivity index (χ3n) is 4.33. The third-order valence-corrected chi connectivity index (χ3v) is 4.33. The Morgan fingerprint density at radius 1 is 1.26 bits per heavy atom. The zero-order valence-corrected chi connectivity index (χ0v) is 16.8. The van der Waals surface area contributed by atoms with Gasteiger partial charge in [-0.1, -0.05) is 19.9 Å². The highest BCUT2D eigenvalue weighted by Gasteiger charge is 2.14. The van der Waals surface area contributed by atoms with Crippen molar-refractivity contribution in [2.45, 2.75) is 54.0 Å². The molecule has 146 valence electrons. The first kappa shape index (κ1) is 20.7. The summed E-state index contributed by atoms with van der Waals surface area (Å²) < 4.78 is 7.01. The van der Waals surface area contributed by atoms with Crippen LogP contribution in [0.2, 0.25) is 0 Å². The summed E-state index contributed by atoms with van der Waals surface area (Å²) in [6.45, 7) is 11.3. The van der Waals surface area contributed by atoms with Gasteiger partial charge in [-0.05, 0) is 56.9 Å². The fraction of sp³-hybridized carbons (Fsp3) is 0.476. The largest absolute Gasteiger partial charge is 0.462 e. The Kier molecular flexibility index (Phi) is 7.16. The number of nitrogens with zero attached hydrogens (tertiary/aromatic N) is 2. The number of hydrogen-bond donors (Lipinski definition) is 1. The molecule has 0 aliphatic heterocycles. The molecule has 0 saturated carbocycles. The van der Waals surface area contributed by atoms with Gasteiger partial charge in [0.15, 0.2) is 0 Å². The van der Waals surface area contributed by atoms with Crippen LogP contribution in [0.1, 0.15) is 54.5 Å². The van der Waals surface area contributed by atoms with Crippen LogP contribution in [0.4, 0.5) is 5.69 Å². The van der Waals surface area contributed by atoms with Gasteiger partial charge in [0.05, 0.1) is 17.9 Å². The van der Waals surface area contributed by atoms with E-state index in [0.29, 0.717) is 36.6 Å². The molecule has 0 aliphatic rings. The van der Waals surface area contributed by atoms with E-state index in [1.165, 1.54) is 0 Å². The van der Waals surface area contributed by atoms with E-state index in [1.807, 2.05) is 11.6 Å². The monoisotopic (exact) mass is 371 g/mol. The first-order chi connectivity index (χ1) is 12.8. The Hall–Kier alpha value is -2.63. The van der Waals surface area contributed by atoms with Crippen LogP contribution < -0.4 is 5.32 Å². The number of anilines is 1.